The van der Waals surface area contributed by atoms with Crippen LogP contribution < -0.4 is 20.1 Å². The highest BCUT2D eigenvalue weighted by Crippen LogP contribution is 2.32. The zero-order chi connectivity index (χ0) is 20.9. The Hall–Kier alpha value is -3.51. The van der Waals surface area contributed by atoms with Crippen LogP contribution in [0.2, 0.25) is 5.02 Å². The Morgan fingerprint density at radius 1 is 0.867 bits per heavy atom. The molecule has 6 nitrogen and oxygen atoms in total. The van der Waals surface area contributed by atoms with Crippen molar-refractivity contribution >= 4 is 34.8 Å². The Labute approximate surface area is 178 Å². The Bertz CT molecular complexity index is 1080. The number of ether oxygens (including phenoxy) is 2. The molecule has 0 aromatic heterocycles. The lowest BCUT2D eigenvalue weighted by molar-refractivity contribution is -0.116. The van der Waals surface area contributed by atoms with Crippen molar-refractivity contribution in [2.45, 2.75) is 12.8 Å². The number of anilines is 2. The van der Waals surface area contributed by atoms with Gasteiger partial charge in [-0.1, -0.05) is 29.8 Å². The van der Waals surface area contributed by atoms with Gasteiger partial charge in [-0.3, -0.25) is 9.59 Å². The van der Waals surface area contributed by atoms with Gasteiger partial charge in [0.05, 0.1) is 11.4 Å². The van der Waals surface area contributed by atoms with Gasteiger partial charge >= 0.3 is 0 Å². The average molecular weight is 423 g/mol. The standard InChI is InChI=1S/C23H19ClN2O4/c24-17-9-7-16(8-10-17)23(28)26-19-4-2-1-3-18(19)25-22(27)12-6-15-5-11-20-21(13-15)30-14-29-20/h1-5,7-11,13H,6,12,14H2,(H,25,27)(H,26,28). The van der Waals surface area contributed by atoms with E-state index in [1.54, 1.807) is 48.5 Å². The van der Waals surface area contributed by atoms with Crippen LogP contribution in [0.5, 0.6) is 11.5 Å². The third-order valence-electron chi connectivity index (χ3n) is 4.63. The van der Waals surface area contributed by atoms with E-state index in [1.807, 2.05) is 18.2 Å². The van der Waals surface area contributed by atoms with Gasteiger partial charge in [-0.05, 0) is 60.5 Å². The van der Waals surface area contributed by atoms with Crippen LogP contribution in [-0.2, 0) is 11.2 Å². The summed E-state index contributed by atoms with van der Waals surface area (Å²) in [6.45, 7) is 0.220. The summed E-state index contributed by atoms with van der Waals surface area (Å²) in [7, 11) is 0. The molecule has 7 heteroatoms. The van der Waals surface area contributed by atoms with Crippen LogP contribution >= 0.6 is 11.6 Å². The van der Waals surface area contributed by atoms with E-state index in [1.165, 1.54) is 0 Å². The Kier molecular flexibility index (Phi) is 5.86. The molecule has 3 aromatic rings. The molecule has 30 heavy (non-hydrogen) atoms. The van der Waals surface area contributed by atoms with Gasteiger partial charge < -0.3 is 20.1 Å². The van der Waals surface area contributed by atoms with Crippen molar-refractivity contribution in [2.24, 2.45) is 0 Å². The topological polar surface area (TPSA) is 76.7 Å². The van der Waals surface area contributed by atoms with Crippen LogP contribution in [-0.4, -0.2) is 18.6 Å². The zero-order valence-electron chi connectivity index (χ0n) is 16.0. The minimum Gasteiger partial charge on any atom is -0.454 e. The highest BCUT2D eigenvalue weighted by atomic mass is 35.5. The number of hydrogen-bond donors (Lipinski definition) is 2. The first-order valence-corrected chi connectivity index (χ1v) is 9.80. The summed E-state index contributed by atoms with van der Waals surface area (Å²) in [6.07, 6.45) is 0.848. The maximum absolute atomic E-state index is 12.5. The summed E-state index contributed by atoms with van der Waals surface area (Å²) in [6, 6.07) is 19.3. The first-order valence-electron chi connectivity index (χ1n) is 9.43. The largest absolute Gasteiger partial charge is 0.454 e. The van der Waals surface area contributed by atoms with Gasteiger partial charge in [0.1, 0.15) is 0 Å². The molecule has 0 bridgehead atoms. The molecule has 0 saturated carbocycles. The number of hydrogen-bond acceptors (Lipinski definition) is 4. The normalized spacial score (nSPS) is 11.8. The van der Waals surface area contributed by atoms with Crippen molar-refractivity contribution in [3.8, 4) is 11.5 Å². The number of rotatable bonds is 6. The van der Waals surface area contributed by atoms with Gasteiger partial charge in [0, 0.05) is 17.0 Å². The maximum atomic E-state index is 12.5. The molecule has 4 rings (SSSR count). The molecule has 1 heterocycles. The van der Waals surface area contributed by atoms with E-state index in [0.717, 1.165) is 5.56 Å². The Balaban J connectivity index is 1.38. The maximum Gasteiger partial charge on any atom is 0.255 e. The number of aryl methyl sites for hydroxylation is 1. The lowest BCUT2D eigenvalue weighted by Gasteiger charge is -2.12. The van der Waals surface area contributed by atoms with Crippen molar-refractivity contribution in [3.05, 3.63) is 82.9 Å². The predicted molar refractivity (Wildman–Crippen MR) is 115 cm³/mol. The van der Waals surface area contributed by atoms with Crippen molar-refractivity contribution in [2.75, 3.05) is 17.4 Å². The molecule has 0 unspecified atom stereocenters. The summed E-state index contributed by atoms with van der Waals surface area (Å²) in [5.41, 5.74) is 2.52. The molecular formula is C23H19ClN2O4. The second-order valence-corrected chi connectivity index (χ2v) is 7.18. The molecule has 2 amide bonds. The Morgan fingerprint density at radius 3 is 2.33 bits per heavy atom. The van der Waals surface area contributed by atoms with Crippen molar-refractivity contribution < 1.29 is 19.1 Å². The van der Waals surface area contributed by atoms with E-state index in [4.69, 9.17) is 21.1 Å². The van der Waals surface area contributed by atoms with Crippen LogP contribution in [0, 0.1) is 0 Å². The second-order valence-electron chi connectivity index (χ2n) is 6.74. The van der Waals surface area contributed by atoms with Gasteiger partial charge in [-0.25, -0.2) is 0 Å². The SMILES string of the molecule is O=C(CCc1ccc2c(c1)OCO2)Nc1ccccc1NC(=O)c1ccc(Cl)cc1. The first-order chi connectivity index (χ1) is 14.6. The average Bonchev–Trinajstić information content (AvgIpc) is 3.22. The number of benzene rings is 3. The third-order valence-corrected chi connectivity index (χ3v) is 4.89. The number of halogens is 1. The predicted octanol–water partition coefficient (Wildman–Crippen LogP) is 4.89. The summed E-state index contributed by atoms with van der Waals surface area (Å²) in [4.78, 5) is 24.9. The smallest absolute Gasteiger partial charge is 0.255 e. The molecule has 0 atom stereocenters. The van der Waals surface area contributed by atoms with Gasteiger partial charge in [0.15, 0.2) is 11.5 Å². The summed E-state index contributed by atoms with van der Waals surface area (Å²) < 4.78 is 10.7. The number of carbonyl (C=O) groups excluding carboxylic acids is 2. The molecule has 3 aromatic carbocycles. The number of nitrogens with one attached hydrogen (secondary N) is 2. The fraction of sp³-hybridized carbons (Fsp3) is 0.130. The van der Waals surface area contributed by atoms with Gasteiger partial charge in [-0.15, -0.1) is 0 Å². The van der Waals surface area contributed by atoms with E-state index in [-0.39, 0.29) is 18.6 Å². The molecule has 0 fully saturated rings. The number of amides is 2. The molecule has 0 aliphatic carbocycles. The van der Waals surface area contributed by atoms with Gasteiger partial charge in [-0.2, -0.15) is 0 Å². The molecule has 0 saturated heterocycles. The van der Waals surface area contributed by atoms with Crippen molar-refractivity contribution in [1.29, 1.82) is 0 Å². The van der Waals surface area contributed by atoms with Crippen LogP contribution in [0.3, 0.4) is 0 Å². The number of fused-ring (bicyclic) bond motifs is 1. The molecule has 1 aliphatic heterocycles. The van der Waals surface area contributed by atoms with Crippen LogP contribution in [0.25, 0.3) is 0 Å². The molecular weight excluding hydrogens is 404 g/mol. The molecule has 1 aliphatic rings. The highest BCUT2D eigenvalue weighted by Gasteiger charge is 2.14. The summed E-state index contributed by atoms with van der Waals surface area (Å²) >= 11 is 5.87. The minimum atomic E-state index is -0.284. The van der Waals surface area contributed by atoms with E-state index >= 15 is 0 Å². The fourth-order valence-corrected chi connectivity index (χ4v) is 3.19. The third kappa shape index (κ3) is 4.72. The quantitative estimate of drug-likeness (QED) is 0.592. The lowest BCUT2D eigenvalue weighted by atomic mass is 10.1. The van der Waals surface area contributed by atoms with Crippen LogP contribution in [0.15, 0.2) is 66.7 Å². The first kappa shape index (κ1) is 19.8. The minimum absolute atomic E-state index is 0.152. The van der Waals surface area contributed by atoms with E-state index in [2.05, 4.69) is 10.6 Å². The monoisotopic (exact) mass is 422 g/mol. The van der Waals surface area contributed by atoms with Crippen LogP contribution in [0.4, 0.5) is 11.4 Å². The van der Waals surface area contributed by atoms with Gasteiger partial charge in [0.2, 0.25) is 12.7 Å². The van der Waals surface area contributed by atoms with Crippen LogP contribution in [0.1, 0.15) is 22.3 Å². The fourth-order valence-electron chi connectivity index (χ4n) is 3.06. The Morgan fingerprint density at radius 2 is 1.57 bits per heavy atom. The molecule has 0 spiro atoms. The van der Waals surface area contributed by atoms with Crippen molar-refractivity contribution in [1.82, 2.24) is 0 Å². The number of para-hydroxylation sites is 2. The van der Waals surface area contributed by atoms with E-state index < -0.39 is 0 Å². The molecule has 152 valence electrons. The lowest BCUT2D eigenvalue weighted by Crippen LogP contribution is -2.17. The zero-order valence-corrected chi connectivity index (χ0v) is 16.7. The second kappa shape index (κ2) is 8.88. The summed E-state index contributed by atoms with van der Waals surface area (Å²) in [5, 5.41) is 6.25. The summed E-state index contributed by atoms with van der Waals surface area (Å²) in [5.74, 6) is 0.978. The van der Waals surface area contributed by atoms with E-state index in [0.29, 0.717) is 46.3 Å². The van der Waals surface area contributed by atoms with Gasteiger partial charge in [0.25, 0.3) is 5.91 Å². The van der Waals surface area contributed by atoms with E-state index in [9.17, 15) is 9.59 Å². The number of carbonyl (C=O) groups is 2. The molecule has 0 radical (unpaired) electrons. The highest BCUT2D eigenvalue weighted by molar-refractivity contribution is 6.30. The molecule has 2 N–H and O–H groups in total. The van der Waals surface area contributed by atoms with Crippen molar-refractivity contribution in [3.63, 3.8) is 0 Å².